The number of esters is 2. The standard InChI is InChI=1S/C3H2O4.ClH/c4-2-3(5)7-1-6-2;/h1H2;1H. The number of carbonyl (C=O) groups excluding carboxylic acids is 2. The van der Waals surface area contributed by atoms with Crippen LogP contribution < -0.4 is 0 Å². The molecule has 46 valence electrons. The second-order valence-electron chi connectivity index (χ2n) is 0.981. The van der Waals surface area contributed by atoms with E-state index >= 15 is 0 Å². The molecule has 8 heavy (non-hydrogen) atoms. The van der Waals surface area contributed by atoms with E-state index in [1.807, 2.05) is 0 Å². The van der Waals surface area contributed by atoms with Gasteiger partial charge in [-0.05, 0) is 0 Å². The lowest BCUT2D eigenvalue weighted by Gasteiger charge is -1.77. The van der Waals surface area contributed by atoms with Crippen molar-refractivity contribution in [3.8, 4) is 0 Å². The van der Waals surface area contributed by atoms with E-state index < -0.39 is 11.9 Å². The molecule has 5 heteroatoms. The number of ether oxygens (including phenoxy) is 2. The Morgan fingerprint density at radius 1 is 1.12 bits per heavy atom. The van der Waals surface area contributed by atoms with Gasteiger partial charge >= 0.3 is 11.9 Å². The second kappa shape index (κ2) is 2.52. The minimum Gasteiger partial charge on any atom is -0.419 e. The zero-order chi connectivity index (χ0) is 5.28. The molecule has 0 atom stereocenters. The molecule has 1 aliphatic heterocycles. The molecule has 0 aliphatic carbocycles. The summed E-state index contributed by atoms with van der Waals surface area (Å²) in [6.45, 7) is -0.225. The first-order valence-electron chi connectivity index (χ1n) is 1.64. The van der Waals surface area contributed by atoms with Gasteiger partial charge < -0.3 is 9.47 Å². The van der Waals surface area contributed by atoms with Gasteiger partial charge in [-0.15, -0.1) is 12.4 Å². The van der Waals surface area contributed by atoms with E-state index in [2.05, 4.69) is 9.47 Å². The molecular weight excluding hydrogens is 135 g/mol. The van der Waals surface area contributed by atoms with Crippen LogP contribution in [0.3, 0.4) is 0 Å². The number of hydrogen-bond acceptors (Lipinski definition) is 4. The minimum atomic E-state index is -0.903. The smallest absolute Gasteiger partial charge is 0.419 e. The molecule has 1 saturated heterocycles. The highest BCUT2D eigenvalue weighted by molar-refractivity contribution is 6.30. The first-order valence-corrected chi connectivity index (χ1v) is 1.64. The molecule has 0 aromatic heterocycles. The van der Waals surface area contributed by atoms with E-state index in [4.69, 9.17) is 0 Å². The van der Waals surface area contributed by atoms with Gasteiger partial charge in [-0.25, -0.2) is 9.59 Å². The molecule has 0 N–H and O–H groups in total. The van der Waals surface area contributed by atoms with E-state index in [-0.39, 0.29) is 19.2 Å². The Morgan fingerprint density at radius 2 is 1.50 bits per heavy atom. The summed E-state index contributed by atoms with van der Waals surface area (Å²) in [6, 6.07) is 0. The number of rotatable bonds is 0. The zero-order valence-electron chi connectivity index (χ0n) is 3.75. The maximum absolute atomic E-state index is 9.88. The average molecular weight is 139 g/mol. The lowest BCUT2D eigenvalue weighted by molar-refractivity contribution is -0.150. The molecule has 4 nitrogen and oxygen atoms in total. The molecule has 0 bridgehead atoms. The van der Waals surface area contributed by atoms with Crippen LogP contribution in [0.5, 0.6) is 0 Å². The largest absolute Gasteiger partial charge is 0.420 e. The minimum absolute atomic E-state index is 0. The van der Waals surface area contributed by atoms with Crippen LogP contribution in [0.4, 0.5) is 0 Å². The van der Waals surface area contributed by atoms with Crippen molar-refractivity contribution in [1.82, 2.24) is 0 Å². The number of cyclic esters (lactones) is 2. The van der Waals surface area contributed by atoms with Crippen LogP contribution in [0.25, 0.3) is 0 Å². The fraction of sp³-hybridized carbons (Fsp3) is 0.333. The Morgan fingerprint density at radius 3 is 1.62 bits per heavy atom. The summed E-state index contributed by atoms with van der Waals surface area (Å²) in [4.78, 5) is 19.8. The van der Waals surface area contributed by atoms with Crippen molar-refractivity contribution >= 4 is 24.3 Å². The Labute approximate surface area is 51.2 Å². The van der Waals surface area contributed by atoms with Gasteiger partial charge in [0.15, 0.2) is 0 Å². The SMILES string of the molecule is Cl.O=C1OCOC1=O. The molecular formula is C3H3ClO4. The van der Waals surface area contributed by atoms with Crippen molar-refractivity contribution in [3.63, 3.8) is 0 Å². The van der Waals surface area contributed by atoms with Gasteiger partial charge in [0.05, 0.1) is 0 Å². The Bertz CT molecular complexity index is 106. The maximum atomic E-state index is 9.88. The molecule has 1 rings (SSSR count). The first kappa shape index (κ1) is 7.23. The van der Waals surface area contributed by atoms with Gasteiger partial charge in [0.25, 0.3) is 0 Å². The Kier molecular flexibility index (Phi) is 2.27. The quantitative estimate of drug-likeness (QED) is 0.333. The predicted octanol–water partition coefficient (Wildman–Crippen LogP) is -0.534. The van der Waals surface area contributed by atoms with Crippen LogP contribution in [-0.4, -0.2) is 18.7 Å². The van der Waals surface area contributed by atoms with Crippen LogP contribution in [0, 0.1) is 0 Å². The first-order chi connectivity index (χ1) is 3.30. The van der Waals surface area contributed by atoms with Crippen molar-refractivity contribution in [3.05, 3.63) is 0 Å². The second-order valence-corrected chi connectivity index (χ2v) is 0.981. The molecule has 1 heterocycles. The van der Waals surface area contributed by atoms with Gasteiger partial charge in [0.2, 0.25) is 6.79 Å². The summed E-state index contributed by atoms with van der Waals surface area (Å²) in [7, 11) is 0. The van der Waals surface area contributed by atoms with Crippen molar-refractivity contribution in [2.24, 2.45) is 0 Å². The summed E-state index contributed by atoms with van der Waals surface area (Å²) >= 11 is 0. The number of hydrogen-bond donors (Lipinski definition) is 0. The van der Waals surface area contributed by atoms with Crippen molar-refractivity contribution in [2.45, 2.75) is 0 Å². The fourth-order valence-corrected chi connectivity index (χ4v) is 0.254. The summed E-state index contributed by atoms with van der Waals surface area (Å²) in [5.41, 5.74) is 0. The van der Waals surface area contributed by atoms with Gasteiger partial charge in [-0.2, -0.15) is 0 Å². The fourth-order valence-electron chi connectivity index (χ4n) is 0.254. The number of carbonyl (C=O) groups is 2. The molecule has 1 aliphatic rings. The molecule has 1 fully saturated rings. The lowest BCUT2D eigenvalue weighted by atomic mass is 10.7. The van der Waals surface area contributed by atoms with E-state index in [1.54, 1.807) is 0 Å². The molecule has 0 aromatic carbocycles. The number of halogens is 1. The van der Waals surface area contributed by atoms with E-state index in [9.17, 15) is 9.59 Å². The topological polar surface area (TPSA) is 52.6 Å². The van der Waals surface area contributed by atoms with Gasteiger partial charge in [-0.1, -0.05) is 0 Å². The molecule has 0 spiro atoms. The monoisotopic (exact) mass is 138 g/mol. The molecule has 0 radical (unpaired) electrons. The van der Waals surface area contributed by atoms with Gasteiger partial charge in [-0.3, -0.25) is 0 Å². The van der Waals surface area contributed by atoms with Crippen LogP contribution in [0.2, 0.25) is 0 Å². The Hall–Kier alpha value is -0.770. The highest BCUT2D eigenvalue weighted by Crippen LogP contribution is 1.92. The molecule has 0 unspecified atom stereocenters. The van der Waals surface area contributed by atoms with E-state index in [0.29, 0.717) is 0 Å². The molecule has 0 aromatic rings. The highest BCUT2D eigenvalue weighted by atomic mass is 35.5. The average Bonchev–Trinajstić information content (AvgIpc) is 1.91. The van der Waals surface area contributed by atoms with E-state index in [0.717, 1.165) is 0 Å². The van der Waals surface area contributed by atoms with Crippen LogP contribution in [-0.2, 0) is 19.1 Å². The molecule has 0 amide bonds. The third kappa shape index (κ3) is 1.10. The van der Waals surface area contributed by atoms with Crippen molar-refractivity contribution < 1.29 is 19.1 Å². The summed E-state index contributed by atoms with van der Waals surface area (Å²) in [6.07, 6.45) is 0. The lowest BCUT2D eigenvalue weighted by Crippen LogP contribution is -2.05. The predicted molar refractivity (Wildman–Crippen MR) is 24.3 cm³/mol. The molecule has 0 saturated carbocycles. The Balaban J connectivity index is 0.000000490. The summed E-state index contributed by atoms with van der Waals surface area (Å²) < 4.78 is 8.11. The maximum Gasteiger partial charge on any atom is 0.420 e. The van der Waals surface area contributed by atoms with Crippen LogP contribution in [0.15, 0.2) is 0 Å². The van der Waals surface area contributed by atoms with Crippen LogP contribution in [0.1, 0.15) is 0 Å². The van der Waals surface area contributed by atoms with Gasteiger partial charge in [0, 0.05) is 0 Å². The third-order valence-electron chi connectivity index (χ3n) is 0.547. The highest BCUT2D eigenvalue weighted by Gasteiger charge is 2.23. The normalized spacial score (nSPS) is 16.5. The summed E-state index contributed by atoms with van der Waals surface area (Å²) in [5, 5.41) is 0. The third-order valence-corrected chi connectivity index (χ3v) is 0.547. The zero-order valence-corrected chi connectivity index (χ0v) is 4.56. The van der Waals surface area contributed by atoms with Gasteiger partial charge in [0.1, 0.15) is 0 Å². The van der Waals surface area contributed by atoms with Crippen molar-refractivity contribution in [1.29, 1.82) is 0 Å². The van der Waals surface area contributed by atoms with Crippen LogP contribution >= 0.6 is 12.4 Å². The summed E-state index contributed by atoms with van der Waals surface area (Å²) in [5.74, 6) is -1.81. The van der Waals surface area contributed by atoms with Crippen molar-refractivity contribution in [2.75, 3.05) is 6.79 Å². The van der Waals surface area contributed by atoms with E-state index in [1.165, 1.54) is 0 Å².